The molecule has 5 nitrogen and oxygen atoms in total. The molecule has 0 spiro atoms. The largest absolute Gasteiger partial charge is 0.375 e. The van der Waals surface area contributed by atoms with Gasteiger partial charge >= 0.3 is 0 Å². The van der Waals surface area contributed by atoms with Crippen LogP contribution in [0.15, 0.2) is 53.5 Å². The summed E-state index contributed by atoms with van der Waals surface area (Å²) >= 11 is 0. The van der Waals surface area contributed by atoms with Gasteiger partial charge < -0.3 is 10.5 Å². The van der Waals surface area contributed by atoms with Crippen LogP contribution in [-0.4, -0.2) is 23.3 Å². The molecule has 5 heteroatoms. The van der Waals surface area contributed by atoms with Crippen LogP contribution in [0.3, 0.4) is 0 Å². The molecule has 0 aliphatic rings. The second kappa shape index (κ2) is 6.32. The maximum absolute atomic E-state index is 11.9. The highest BCUT2D eigenvalue weighted by Crippen LogP contribution is 2.26. The molecular formula is C18H19N3O2. The van der Waals surface area contributed by atoms with Gasteiger partial charge in [-0.15, -0.1) is 0 Å². The third-order valence-corrected chi connectivity index (χ3v) is 3.97. The zero-order chi connectivity index (χ0) is 16.4. The first-order valence-corrected chi connectivity index (χ1v) is 7.46. The number of aromatic nitrogens is 2. The van der Waals surface area contributed by atoms with Gasteiger partial charge in [0, 0.05) is 18.5 Å². The van der Waals surface area contributed by atoms with Crippen LogP contribution in [0.1, 0.15) is 18.6 Å². The number of hydrogen-bond acceptors (Lipinski definition) is 4. The van der Waals surface area contributed by atoms with E-state index in [0.717, 1.165) is 22.1 Å². The lowest BCUT2D eigenvalue weighted by Gasteiger charge is -2.19. The van der Waals surface area contributed by atoms with Gasteiger partial charge in [-0.05, 0) is 29.7 Å². The number of nitrogens with two attached hydrogens (primary N) is 1. The van der Waals surface area contributed by atoms with Crippen LogP contribution in [0, 0.1) is 0 Å². The van der Waals surface area contributed by atoms with Crippen molar-refractivity contribution in [3.05, 3.63) is 64.6 Å². The molecule has 0 fully saturated rings. The minimum atomic E-state index is -0.183. The van der Waals surface area contributed by atoms with Crippen molar-refractivity contribution < 1.29 is 4.74 Å². The van der Waals surface area contributed by atoms with E-state index in [2.05, 4.69) is 10.2 Å². The monoisotopic (exact) mass is 309 g/mol. The number of H-pyrrole nitrogens is 1. The Kier molecular flexibility index (Phi) is 4.23. The van der Waals surface area contributed by atoms with Crippen LogP contribution in [0.2, 0.25) is 0 Å². The Morgan fingerprint density at radius 2 is 1.83 bits per heavy atom. The first-order valence-electron chi connectivity index (χ1n) is 7.46. The van der Waals surface area contributed by atoms with Crippen molar-refractivity contribution in [2.24, 2.45) is 5.73 Å². The van der Waals surface area contributed by atoms with E-state index in [4.69, 9.17) is 10.5 Å². The Hall–Kier alpha value is -2.50. The van der Waals surface area contributed by atoms with Crippen molar-refractivity contribution in [1.29, 1.82) is 0 Å². The lowest BCUT2D eigenvalue weighted by atomic mass is 9.98. The SMILES string of the molecule is COC(c1ccc(-c2ccc3cn[nH]c(=O)c3c2)cc1)C(C)N. The van der Waals surface area contributed by atoms with Crippen LogP contribution in [0.5, 0.6) is 0 Å². The van der Waals surface area contributed by atoms with Crippen LogP contribution < -0.4 is 11.3 Å². The van der Waals surface area contributed by atoms with Gasteiger partial charge in [-0.2, -0.15) is 5.10 Å². The number of methoxy groups -OCH3 is 1. The molecule has 2 unspecified atom stereocenters. The lowest BCUT2D eigenvalue weighted by molar-refractivity contribution is 0.0854. The summed E-state index contributed by atoms with van der Waals surface area (Å²) in [5, 5.41) is 7.73. The molecule has 3 N–H and O–H groups in total. The number of ether oxygens (including phenoxy) is 1. The molecular weight excluding hydrogens is 290 g/mol. The van der Waals surface area contributed by atoms with Gasteiger partial charge in [-0.25, -0.2) is 5.10 Å². The second-order valence-corrected chi connectivity index (χ2v) is 5.64. The van der Waals surface area contributed by atoms with Gasteiger partial charge in [0.15, 0.2) is 0 Å². The summed E-state index contributed by atoms with van der Waals surface area (Å²) in [5.74, 6) is 0. The molecule has 2 aromatic carbocycles. The van der Waals surface area contributed by atoms with Crippen molar-refractivity contribution >= 4 is 10.8 Å². The topological polar surface area (TPSA) is 81.0 Å². The average molecular weight is 309 g/mol. The number of benzene rings is 2. The Balaban J connectivity index is 1.99. The summed E-state index contributed by atoms with van der Waals surface area (Å²) in [5.41, 5.74) is 8.81. The van der Waals surface area contributed by atoms with Crippen molar-refractivity contribution in [1.82, 2.24) is 10.2 Å². The highest BCUT2D eigenvalue weighted by molar-refractivity contribution is 5.85. The standard InChI is InChI=1S/C18H19N3O2/c1-11(19)17(23-2)13-5-3-12(4-6-13)14-7-8-15-10-20-21-18(22)16(15)9-14/h3-11,17H,19H2,1-2H3,(H,21,22). The fourth-order valence-corrected chi connectivity index (χ4v) is 2.79. The summed E-state index contributed by atoms with van der Waals surface area (Å²) in [7, 11) is 1.66. The van der Waals surface area contributed by atoms with E-state index in [0.29, 0.717) is 5.39 Å². The summed E-state index contributed by atoms with van der Waals surface area (Å²) < 4.78 is 5.44. The molecule has 0 saturated heterocycles. The quantitative estimate of drug-likeness (QED) is 0.776. The van der Waals surface area contributed by atoms with Gasteiger partial charge in [0.1, 0.15) is 0 Å². The van der Waals surface area contributed by atoms with Crippen LogP contribution >= 0.6 is 0 Å². The highest BCUT2D eigenvalue weighted by Gasteiger charge is 2.15. The summed E-state index contributed by atoms with van der Waals surface area (Å²) in [6.07, 6.45) is 1.52. The lowest BCUT2D eigenvalue weighted by Crippen LogP contribution is -2.25. The molecule has 23 heavy (non-hydrogen) atoms. The normalized spacial score (nSPS) is 13.9. The van der Waals surface area contributed by atoms with Crippen molar-refractivity contribution in [3.63, 3.8) is 0 Å². The van der Waals surface area contributed by atoms with Gasteiger partial charge in [0.25, 0.3) is 5.56 Å². The molecule has 0 bridgehead atoms. The molecule has 0 aliphatic heterocycles. The zero-order valence-electron chi connectivity index (χ0n) is 13.1. The fraction of sp³-hybridized carbons (Fsp3) is 0.222. The van der Waals surface area contributed by atoms with E-state index in [1.807, 2.05) is 49.4 Å². The van der Waals surface area contributed by atoms with E-state index in [1.54, 1.807) is 13.3 Å². The number of hydrogen-bond donors (Lipinski definition) is 2. The maximum Gasteiger partial charge on any atom is 0.272 e. The molecule has 2 atom stereocenters. The van der Waals surface area contributed by atoms with Crippen LogP contribution in [-0.2, 0) is 4.74 Å². The molecule has 3 aromatic rings. The van der Waals surface area contributed by atoms with Crippen molar-refractivity contribution in [2.75, 3.05) is 7.11 Å². The zero-order valence-corrected chi connectivity index (χ0v) is 13.1. The third-order valence-electron chi connectivity index (χ3n) is 3.97. The summed E-state index contributed by atoms with van der Waals surface area (Å²) in [6, 6.07) is 13.7. The van der Waals surface area contributed by atoms with Gasteiger partial charge in [0.05, 0.1) is 17.7 Å². The Labute approximate surface area is 134 Å². The number of fused-ring (bicyclic) bond motifs is 1. The van der Waals surface area contributed by atoms with Crippen molar-refractivity contribution in [2.45, 2.75) is 19.1 Å². The third kappa shape index (κ3) is 3.02. The number of rotatable bonds is 4. The smallest absolute Gasteiger partial charge is 0.272 e. The number of nitrogens with zero attached hydrogens (tertiary/aromatic N) is 1. The van der Waals surface area contributed by atoms with E-state index < -0.39 is 0 Å². The fourth-order valence-electron chi connectivity index (χ4n) is 2.79. The second-order valence-electron chi connectivity index (χ2n) is 5.64. The minimum Gasteiger partial charge on any atom is -0.375 e. The van der Waals surface area contributed by atoms with Crippen LogP contribution in [0.25, 0.3) is 21.9 Å². The van der Waals surface area contributed by atoms with E-state index >= 15 is 0 Å². The number of nitrogens with one attached hydrogen (secondary N) is 1. The average Bonchev–Trinajstić information content (AvgIpc) is 2.56. The molecule has 0 amide bonds. The first-order chi connectivity index (χ1) is 11.1. The molecule has 1 heterocycles. The van der Waals surface area contributed by atoms with Crippen LogP contribution in [0.4, 0.5) is 0 Å². The summed E-state index contributed by atoms with van der Waals surface area (Å²) in [6.45, 7) is 1.92. The molecule has 3 rings (SSSR count). The molecule has 0 radical (unpaired) electrons. The minimum absolute atomic E-state index is 0.0856. The summed E-state index contributed by atoms with van der Waals surface area (Å²) in [4.78, 5) is 11.9. The predicted octanol–water partition coefficient (Wildman–Crippen LogP) is 2.62. The Morgan fingerprint density at radius 1 is 1.13 bits per heavy atom. The molecule has 1 aromatic heterocycles. The maximum atomic E-state index is 11.9. The first kappa shape index (κ1) is 15.4. The molecule has 0 saturated carbocycles. The van der Waals surface area contributed by atoms with E-state index in [1.165, 1.54) is 0 Å². The van der Waals surface area contributed by atoms with Gasteiger partial charge in [-0.3, -0.25) is 4.79 Å². The molecule has 118 valence electrons. The predicted molar refractivity (Wildman–Crippen MR) is 91.2 cm³/mol. The Morgan fingerprint density at radius 3 is 2.48 bits per heavy atom. The molecule has 0 aliphatic carbocycles. The Bertz CT molecular complexity index is 869. The number of aromatic amines is 1. The van der Waals surface area contributed by atoms with E-state index in [9.17, 15) is 4.79 Å². The van der Waals surface area contributed by atoms with Gasteiger partial charge in [-0.1, -0.05) is 36.4 Å². The van der Waals surface area contributed by atoms with Gasteiger partial charge in [0.2, 0.25) is 0 Å². The van der Waals surface area contributed by atoms with E-state index in [-0.39, 0.29) is 17.7 Å². The highest BCUT2D eigenvalue weighted by atomic mass is 16.5. The van der Waals surface area contributed by atoms with Crippen molar-refractivity contribution in [3.8, 4) is 11.1 Å².